The summed E-state index contributed by atoms with van der Waals surface area (Å²) in [6.07, 6.45) is 0.922. The second-order valence-electron chi connectivity index (χ2n) is 6.82. The third-order valence-electron chi connectivity index (χ3n) is 4.51. The van der Waals surface area contributed by atoms with Crippen molar-refractivity contribution in [1.29, 1.82) is 0 Å². The highest BCUT2D eigenvalue weighted by atomic mass is 16.5. The monoisotopic (exact) mass is 429 g/mol. The molecule has 0 amide bonds. The summed E-state index contributed by atoms with van der Waals surface area (Å²) in [6, 6.07) is 15.8. The van der Waals surface area contributed by atoms with Gasteiger partial charge in [0.1, 0.15) is 11.5 Å². The lowest BCUT2D eigenvalue weighted by atomic mass is 10.2. The van der Waals surface area contributed by atoms with E-state index in [1.54, 1.807) is 14.2 Å². The van der Waals surface area contributed by atoms with E-state index >= 15 is 0 Å². The average Bonchev–Trinajstić information content (AvgIpc) is 2.82. The Kier molecular flexibility index (Phi) is 11.9. The topological polar surface area (TPSA) is 73.3 Å². The van der Waals surface area contributed by atoms with Gasteiger partial charge in [-0.15, -0.1) is 0 Å². The van der Waals surface area contributed by atoms with E-state index in [0.717, 1.165) is 54.8 Å². The van der Waals surface area contributed by atoms with Crippen molar-refractivity contribution in [3.63, 3.8) is 0 Å². The zero-order chi connectivity index (χ0) is 22.2. The number of hydrogen-bond donors (Lipinski definition) is 2. The molecule has 0 radical (unpaired) electrons. The summed E-state index contributed by atoms with van der Waals surface area (Å²) in [6.45, 7) is 6.65. The van der Waals surface area contributed by atoms with Crippen LogP contribution in [0.25, 0.3) is 0 Å². The lowest BCUT2D eigenvalue weighted by molar-refractivity contribution is 0.125. The van der Waals surface area contributed by atoms with E-state index in [9.17, 15) is 0 Å². The van der Waals surface area contributed by atoms with Gasteiger partial charge >= 0.3 is 0 Å². The molecular weight excluding hydrogens is 394 g/mol. The Hall–Kier alpha value is -2.77. The first-order valence-electron chi connectivity index (χ1n) is 10.7. The molecule has 7 heteroatoms. The van der Waals surface area contributed by atoms with Crippen LogP contribution in [0.1, 0.15) is 24.5 Å². The SMILES string of the molecule is CCOCCCNC(=NCc1ccc(OC)cc1)NCCOCc1ccc(OC)cc1. The first kappa shape index (κ1) is 24.5. The number of rotatable bonds is 14. The Morgan fingerprint density at radius 2 is 1.39 bits per heavy atom. The van der Waals surface area contributed by atoms with Gasteiger partial charge in [-0.25, -0.2) is 4.99 Å². The second kappa shape index (κ2) is 15.1. The molecule has 0 aliphatic heterocycles. The smallest absolute Gasteiger partial charge is 0.191 e. The first-order valence-corrected chi connectivity index (χ1v) is 10.7. The van der Waals surface area contributed by atoms with Crippen LogP contribution in [-0.2, 0) is 22.6 Å². The maximum atomic E-state index is 5.77. The molecule has 2 aromatic rings. The van der Waals surface area contributed by atoms with Crippen molar-refractivity contribution in [3.05, 3.63) is 59.7 Å². The highest BCUT2D eigenvalue weighted by Gasteiger charge is 2.01. The first-order chi connectivity index (χ1) is 15.2. The van der Waals surface area contributed by atoms with Gasteiger partial charge in [-0.1, -0.05) is 24.3 Å². The van der Waals surface area contributed by atoms with Crippen molar-refractivity contribution < 1.29 is 18.9 Å². The van der Waals surface area contributed by atoms with Crippen molar-refractivity contribution in [2.45, 2.75) is 26.5 Å². The van der Waals surface area contributed by atoms with E-state index in [4.69, 9.17) is 18.9 Å². The number of guanidine groups is 1. The third-order valence-corrected chi connectivity index (χ3v) is 4.51. The molecule has 170 valence electrons. The van der Waals surface area contributed by atoms with Crippen LogP contribution in [0.5, 0.6) is 11.5 Å². The van der Waals surface area contributed by atoms with E-state index < -0.39 is 0 Å². The number of benzene rings is 2. The zero-order valence-electron chi connectivity index (χ0n) is 18.9. The second-order valence-corrected chi connectivity index (χ2v) is 6.82. The van der Waals surface area contributed by atoms with Gasteiger partial charge in [0.2, 0.25) is 0 Å². The molecule has 0 aliphatic carbocycles. The maximum absolute atomic E-state index is 5.77. The van der Waals surface area contributed by atoms with Crippen LogP contribution in [0.2, 0.25) is 0 Å². The number of ether oxygens (including phenoxy) is 4. The van der Waals surface area contributed by atoms with E-state index in [2.05, 4.69) is 15.6 Å². The molecule has 0 aromatic heterocycles. The van der Waals surface area contributed by atoms with Gasteiger partial charge in [0.05, 0.1) is 34.0 Å². The Balaban J connectivity index is 1.77. The third kappa shape index (κ3) is 10.2. The molecule has 0 spiro atoms. The zero-order valence-corrected chi connectivity index (χ0v) is 18.9. The highest BCUT2D eigenvalue weighted by Crippen LogP contribution is 2.12. The van der Waals surface area contributed by atoms with Crippen LogP contribution in [0.15, 0.2) is 53.5 Å². The van der Waals surface area contributed by atoms with E-state index in [0.29, 0.717) is 26.3 Å². The van der Waals surface area contributed by atoms with Gasteiger partial charge in [-0.2, -0.15) is 0 Å². The average molecular weight is 430 g/mol. The predicted molar refractivity (Wildman–Crippen MR) is 124 cm³/mol. The van der Waals surface area contributed by atoms with Crippen LogP contribution >= 0.6 is 0 Å². The number of aliphatic imine (C=N–C) groups is 1. The fourth-order valence-corrected chi connectivity index (χ4v) is 2.75. The molecule has 2 aromatic carbocycles. The van der Waals surface area contributed by atoms with Crippen LogP contribution in [0.4, 0.5) is 0 Å². The molecule has 0 saturated carbocycles. The number of nitrogens with one attached hydrogen (secondary N) is 2. The van der Waals surface area contributed by atoms with Crippen molar-refractivity contribution in [3.8, 4) is 11.5 Å². The number of hydrogen-bond acceptors (Lipinski definition) is 5. The van der Waals surface area contributed by atoms with Crippen molar-refractivity contribution in [2.75, 3.05) is 47.1 Å². The van der Waals surface area contributed by atoms with Gasteiger partial charge < -0.3 is 29.6 Å². The normalized spacial score (nSPS) is 11.3. The lowest BCUT2D eigenvalue weighted by Gasteiger charge is -2.13. The molecule has 2 rings (SSSR count). The quantitative estimate of drug-likeness (QED) is 0.272. The molecule has 7 nitrogen and oxygen atoms in total. The molecule has 0 aliphatic rings. The van der Waals surface area contributed by atoms with Gasteiger partial charge in [0.25, 0.3) is 0 Å². The van der Waals surface area contributed by atoms with Crippen LogP contribution in [0.3, 0.4) is 0 Å². The van der Waals surface area contributed by atoms with E-state index in [-0.39, 0.29) is 0 Å². The minimum absolute atomic E-state index is 0.561. The molecule has 0 unspecified atom stereocenters. The maximum Gasteiger partial charge on any atom is 0.191 e. The molecule has 0 fully saturated rings. The number of nitrogens with zero attached hydrogens (tertiary/aromatic N) is 1. The molecule has 0 bridgehead atoms. The molecule has 0 saturated heterocycles. The summed E-state index contributed by atoms with van der Waals surface area (Å²) in [7, 11) is 3.33. The largest absolute Gasteiger partial charge is 0.497 e. The van der Waals surface area contributed by atoms with Gasteiger partial charge in [0, 0.05) is 26.3 Å². The van der Waals surface area contributed by atoms with Gasteiger partial charge in [0.15, 0.2) is 5.96 Å². The summed E-state index contributed by atoms with van der Waals surface area (Å²) in [4.78, 5) is 4.69. The fraction of sp³-hybridized carbons (Fsp3) is 0.458. The summed E-state index contributed by atoms with van der Waals surface area (Å²) in [5.74, 6) is 2.45. The molecule has 31 heavy (non-hydrogen) atoms. The van der Waals surface area contributed by atoms with Crippen LogP contribution < -0.4 is 20.1 Å². The molecular formula is C24H35N3O4. The van der Waals surface area contributed by atoms with Crippen molar-refractivity contribution in [2.24, 2.45) is 4.99 Å². The van der Waals surface area contributed by atoms with Gasteiger partial charge in [-0.3, -0.25) is 0 Å². The summed E-state index contributed by atoms with van der Waals surface area (Å²) in [5.41, 5.74) is 2.23. The van der Waals surface area contributed by atoms with Crippen LogP contribution in [-0.4, -0.2) is 53.1 Å². The minimum Gasteiger partial charge on any atom is -0.497 e. The minimum atomic E-state index is 0.561. The predicted octanol–water partition coefficient (Wildman–Crippen LogP) is 3.38. The summed E-state index contributed by atoms with van der Waals surface area (Å²) < 4.78 is 21.5. The Morgan fingerprint density at radius 3 is 2.00 bits per heavy atom. The Morgan fingerprint density at radius 1 is 0.774 bits per heavy atom. The Bertz CT molecular complexity index is 748. The molecule has 0 atom stereocenters. The van der Waals surface area contributed by atoms with Gasteiger partial charge in [-0.05, 0) is 48.7 Å². The van der Waals surface area contributed by atoms with E-state index in [1.165, 1.54) is 0 Å². The summed E-state index contributed by atoms with van der Waals surface area (Å²) in [5, 5.41) is 6.69. The highest BCUT2D eigenvalue weighted by molar-refractivity contribution is 5.79. The van der Waals surface area contributed by atoms with Crippen molar-refractivity contribution in [1.82, 2.24) is 10.6 Å². The fourth-order valence-electron chi connectivity index (χ4n) is 2.75. The number of methoxy groups -OCH3 is 2. The van der Waals surface area contributed by atoms with Crippen LogP contribution in [0, 0.1) is 0 Å². The molecule has 2 N–H and O–H groups in total. The van der Waals surface area contributed by atoms with E-state index in [1.807, 2.05) is 55.5 Å². The van der Waals surface area contributed by atoms with Crippen molar-refractivity contribution >= 4 is 5.96 Å². The lowest BCUT2D eigenvalue weighted by Crippen LogP contribution is -2.39. The summed E-state index contributed by atoms with van der Waals surface area (Å²) >= 11 is 0. The Labute approximate surface area is 185 Å². The standard InChI is InChI=1S/C24H35N3O4/c1-4-30-16-5-14-25-24(27-18-20-6-10-22(28-2)11-7-20)26-15-17-31-19-21-8-12-23(29-3)13-9-21/h6-13H,4-5,14-19H2,1-3H3,(H2,25,26,27). The molecule has 0 heterocycles.